The number of nitrogens with zero attached hydrogens (tertiary/aromatic N) is 1. The predicted molar refractivity (Wildman–Crippen MR) is 63.7 cm³/mol. The molecule has 4 heteroatoms. The van der Waals surface area contributed by atoms with Crippen LogP contribution >= 0.6 is 0 Å². The number of nitrogens with one attached hydrogen (secondary N) is 1. The summed E-state index contributed by atoms with van der Waals surface area (Å²) in [6.45, 7) is 3.93. The number of nitrogens with two attached hydrogens (primary N) is 1. The molecule has 1 rings (SSSR count). The molecule has 4 nitrogen and oxygen atoms in total. The molecule has 0 bridgehead atoms. The molecule has 1 unspecified atom stereocenters. The molecule has 1 aromatic heterocycles. The molecule has 1 amide bonds. The van der Waals surface area contributed by atoms with Crippen LogP contribution in [0, 0.1) is 0 Å². The molecule has 0 fully saturated rings. The Balaban J connectivity index is 2.46. The second kappa shape index (κ2) is 6.23. The predicted octanol–water partition coefficient (Wildman–Crippen LogP) is 1.39. The van der Waals surface area contributed by atoms with Crippen LogP contribution in [0.5, 0.6) is 0 Å². The maximum atomic E-state index is 11.6. The van der Waals surface area contributed by atoms with Crippen LogP contribution in [0.4, 0.5) is 0 Å². The zero-order valence-corrected chi connectivity index (χ0v) is 9.81. The third-order valence-corrected chi connectivity index (χ3v) is 2.56. The van der Waals surface area contributed by atoms with Crippen LogP contribution in [0.3, 0.4) is 0 Å². The van der Waals surface area contributed by atoms with E-state index in [0.29, 0.717) is 6.42 Å². The van der Waals surface area contributed by atoms with Gasteiger partial charge in [0.2, 0.25) is 5.91 Å². The minimum atomic E-state index is -0.0513. The summed E-state index contributed by atoms with van der Waals surface area (Å²) in [5.41, 5.74) is 6.77. The Morgan fingerprint density at radius 3 is 2.69 bits per heavy atom. The highest BCUT2D eigenvalue weighted by molar-refractivity contribution is 5.77. The molecule has 3 N–H and O–H groups in total. The monoisotopic (exact) mass is 221 g/mol. The average Bonchev–Trinajstić information content (AvgIpc) is 2.29. The van der Waals surface area contributed by atoms with Crippen LogP contribution in [-0.4, -0.2) is 16.9 Å². The summed E-state index contributed by atoms with van der Waals surface area (Å²) in [5.74, 6) is -0.00124. The van der Waals surface area contributed by atoms with E-state index in [0.717, 1.165) is 12.0 Å². The van der Waals surface area contributed by atoms with Crippen molar-refractivity contribution < 1.29 is 4.79 Å². The van der Waals surface area contributed by atoms with E-state index in [2.05, 4.69) is 10.3 Å². The van der Waals surface area contributed by atoms with Crippen molar-refractivity contribution in [3.05, 3.63) is 30.1 Å². The third kappa shape index (κ3) is 3.98. The van der Waals surface area contributed by atoms with E-state index in [9.17, 15) is 4.79 Å². The van der Waals surface area contributed by atoms with Crippen LogP contribution in [0.25, 0.3) is 0 Å². The van der Waals surface area contributed by atoms with Gasteiger partial charge in [-0.3, -0.25) is 9.78 Å². The van der Waals surface area contributed by atoms with Gasteiger partial charge >= 0.3 is 0 Å². The number of aromatic nitrogens is 1. The normalized spacial score (nSPS) is 14.2. The molecule has 0 aliphatic rings. The van der Waals surface area contributed by atoms with Crippen molar-refractivity contribution in [2.75, 3.05) is 0 Å². The fraction of sp³-hybridized carbons (Fsp3) is 0.500. The molecule has 1 heterocycles. The molecule has 88 valence electrons. The lowest BCUT2D eigenvalue weighted by atomic mass is 10.1. The van der Waals surface area contributed by atoms with Crippen molar-refractivity contribution in [3.8, 4) is 0 Å². The Bertz CT molecular complexity index is 326. The number of carbonyl (C=O) groups is 1. The molecule has 0 saturated heterocycles. The van der Waals surface area contributed by atoms with Crippen molar-refractivity contribution in [2.45, 2.75) is 38.8 Å². The van der Waals surface area contributed by atoms with E-state index in [-0.39, 0.29) is 18.0 Å². The van der Waals surface area contributed by atoms with Gasteiger partial charge < -0.3 is 11.1 Å². The van der Waals surface area contributed by atoms with Gasteiger partial charge in [0, 0.05) is 24.9 Å². The van der Waals surface area contributed by atoms with Crippen molar-refractivity contribution >= 4 is 5.91 Å². The van der Waals surface area contributed by atoms with Crippen molar-refractivity contribution in [1.29, 1.82) is 0 Å². The van der Waals surface area contributed by atoms with Gasteiger partial charge in [-0.15, -0.1) is 0 Å². The maximum Gasteiger partial charge on any atom is 0.222 e. The van der Waals surface area contributed by atoms with Gasteiger partial charge in [-0.05, 0) is 31.0 Å². The molecular formula is C12H19N3O. The maximum absolute atomic E-state index is 11.6. The van der Waals surface area contributed by atoms with Gasteiger partial charge in [0.05, 0.1) is 6.04 Å². The van der Waals surface area contributed by atoms with E-state index >= 15 is 0 Å². The van der Waals surface area contributed by atoms with E-state index in [1.165, 1.54) is 0 Å². The summed E-state index contributed by atoms with van der Waals surface area (Å²) in [7, 11) is 0. The van der Waals surface area contributed by atoms with Gasteiger partial charge in [0.15, 0.2) is 0 Å². The van der Waals surface area contributed by atoms with Crippen LogP contribution < -0.4 is 11.1 Å². The molecule has 16 heavy (non-hydrogen) atoms. The lowest BCUT2D eigenvalue weighted by Gasteiger charge is -2.15. The fourth-order valence-electron chi connectivity index (χ4n) is 1.42. The van der Waals surface area contributed by atoms with Gasteiger partial charge in [0.1, 0.15) is 0 Å². The van der Waals surface area contributed by atoms with Gasteiger partial charge in [-0.25, -0.2) is 0 Å². The van der Waals surface area contributed by atoms with E-state index in [1.807, 2.05) is 26.0 Å². The summed E-state index contributed by atoms with van der Waals surface area (Å²) >= 11 is 0. The second-order valence-corrected chi connectivity index (χ2v) is 3.94. The fourth-order valence-corrected chi connectivity index (χ4v) is 1.42. The summed E-state index contributed by atoms with van der Waals surface area (Å²) in [5, 5.41) is 2.91. The highest BCUT2D eigenvalue weighted by atomic mass is 16.1. The number of rotatable bonds is 5. The van der Waals surface area contributed by atoms with Crippen LogP contribution in [0.2, 0.25) is 0 Å². The average molecular weight is 221 g/mol. The minimum Gasteiger partial charge on any atom is -0.350 e. The molecule has 0 radical (unpaired) electrons. The molecule has 0 aliphatic carbocycles. The standard InChI is InChI=1S/C12H19N3O/c1-3-11(13)8-12(16)15-9(2)10-4-6-14-7-5-10/h4-7,9,11H,3,8,13H2,1-2H3,(H,15,16)/t9-,11?/m0/s1. The Kier molecular flexibility index (Phi) is 4.92. The molecule has 0 aromatic carbocycles. The topological polar surface area (TPSA) is 68.0 Å². The number of pyridine rings is 1. The number of hydrogen-bond acceptors (Lipinski definition) is 3. The smallest absolute Gasteiger partial charge is 0.222 e. The molecular weight excluding hydrogens is 202 g/mol. The van der Waals surface area contributed by atoms with E-state index < -0.39 is 0 Å². The first-order valence-electron chi connectivity index (χ1n) is 5.58. The van der Waals surface area contributed by atoms with Crippen LogP contribution in [0.1, 0.15) is 38.3 Å². The third-order valence-electron chi connectivity index (χ3n) is 2.56. The van der Waals surface area contributed by atoms with Gasteiger partial charge in [0.25, 0.3) is 0 Å². The summed E-state index contributed by atoms with van der Waals surface area (Å²) < 4.78 is 0. The molecule has 0 aliphatic heterocycles. The zero-order valence-electron chi connectivity index (χ0n) is 9.81. The SMILES string of the molecule is CCC(N)CC(=O)N[C@@H](C)c1ccncc1. The van der Waals surface area contributed by atoms with E-state index in [1.54, 1.807) is 12.4 Å². The Labute approximate surface area is 96.3 Å². The molecule has 0 saturated carbocycles. The summed E-state index contributed by atoms with van der Waals surface area (Å²) in [4.78, 5) is 15.5. The van der Waals surface area contributed by atoms with Gasteiger partial charge in [-0.2, -0.15) is 0 Å². The number of hydrogen-bond donors (Lipinski definition) is 2. The highest BCUT2D eigenvalue weighted by Gasteiger charge is 2.11. The summed E-state index contributed by atoms with van der Waals surface area (Å²) in [6.07, 6.45) is 4.63. The zero-order chi connectivity index (χ0) is 12.0. The van der Waals surface area contributed by atoms with Crippen LogP contribution in [0.15, 0.2) is 24.5 Å². The van der Waals surface area contributed by atoms with Crippen molar-refractivity contribution in [2.24, 2.45) is 5.73 Å². The minimum absolute atomic E-state index is 0.000411. The largest absolute Gasteiger partial charge is 0.350 e. The lowest BCUT2D eigenvalue weighted by Crippen LogP contribution is -2.32. The Morgan fingerprint density at radius 2 is 2.12 bits per heavy atom. The highest BCUT2D eigenvalue weighted by Crippen LogP contribution is 2.10. The lowest BCUT2D eigenvalue weighted by molar-refractivity contribution is -0.122. The first-order chi connectivity index (χ1) is 7.63. The van der Waals surface area contributed by atoms with Gasteiger partial charge in [-0.1, -0.05) is 6.92 Å². The number of carbonyl (C=O) groups excluding carboxylic acids is 1. The Morgan fingerprint density at radius 1 is 1.50 bits per heavy atom. The van der Waals surface area contributed by atoms with E-state index in [4.69, 9.17) is 5.73 Å². The second-order valence-electron chi connectivity index (χ2n) is 3.94. The first kappa shape index (κ1) is 12.6. The molecule has 1 aromatic rings. The molecule has 0 spiro atoms. The van der Waals surface area contributed by atoms with Crippen molar-refractivity contribution in [1.82, 2.24) is 10.3 Å². The summed E-state index contributed by atoms with van der Waals surface area (Å²) in [6, 6.07) is 3.74. The van der Waals surface area contributed by atoms with Crippen molar-refractivity contribution in [3.63, 3.8) is 0 Å². The van der Waals surface area contributed by atoms with Crippen LogP contribution in [-0.2, 0) is 4.79 Å². The Hall–Kier alpha value is -1.42. The first-order valence-corrected chi connectivity index (χ1v) is 5.58. The quantitative estimate of drug-likeness (QED) is 0.789. The molecule has 2 atom stereocenters. The number of amides is 1.